The lowest BCUT2D eigenvalue weighted by atomic mass is 9.99. The Kier molecular flexibility index (Phi) is 7.59. The van der Waals surface area contributed by atoms with Gasteiger partial charge in [0.1, 0.15) is 18.0 Å². The van der Waals surface area contributed by atoms with Crippen molar-refractivity contribution in [3.05, 3.63) is 102 Å². The highest BCUT2D eigenvalue weighted by molar-refractivity contribution is 5.95. The minimum atomic E-state index is 0.0306. The third-order valence-corrected chi connectivity index (χ3v) is 7.51. The Morgan fingerprint density at radius 2 is 1.68 bits per heavy atom. The van der Waals surface area contributed by atoms with Crippen molar-refractivity contribution in [1.82, 2.24) is 19.6 Å². The maximum atomic E-state index is 11.9. The Labute approximate surface area is 239 Å². The van der Waals surface area contributed by atoms with Gasteiger partial charge in [-0.3, -0.25) is 9.69 Å². The first kappa shape index (κ1) is 26.5. The van der Waals surface area contributed by atoms with Crippen LogP contribution in [-0.2, 0) is 0 Å². The van der Waals surface area contributed by atoms with Crippen LogP contribution in [0.5, 0.6) is 5.75 Å². The number of rotatable bonds is 8. The van der Waals surface area contributed by atoms with E-state index in [9.17, 15) is 10.1 Å². The van der Waals surface area contributed by atoms with E-state index in [0.717, 1.165) is 77.6 Å². The SMILES string of the molecule is CC(=O)c1ccc(-c2cc(-c3cccc(C#N)c3)cn3cc(-c4ccc(OCCN5CCNCC5)cc4)nc23)cc1. The molecule has 3 aromatic carbocycles. The van der Waals surface area contributed by atoms with E-state index < -0.39 is 0 Å². The molecule has 204 valence electrons. The normalized spacial score (nSPS) is 13.7. The Bertz CT molecular complexity index is 1730. The summed E-state index contributed by atoms with van der Waals surface area (Å²) in [6.07, 6.45) is 4.07. The number of imidazole rings is 1. The molecule has 0 unspecified atom stereocenters. The standard InChI is InChI=1S/C34H31N5O2/c1-24(40)26-5-7-27(8-6-26)32-20-30(29-4-2-3-25(19-29)21-35)22-39-23-33(37-34(32)39)28-9-11-31(12-10-28)41-18-17-38-15-13-36-14-16-38/h2-12,19-20,22-23,36H,13-18H2,1H3. The molecule has 0 atom stereocenters. The number of hydrogen-bond donors (Lipinski definition) is 1. The van der Waals surface area contributed by atoms with E-state index in [-0.39, 0.29) is 5.78 Å². The van der Waals surface area contributed by atoms with Crippen molar-refractivity contribution in [2.45, 2.75) is 6.92 Å². The fraction of sp³-hybridized carbons (Fsp3) is 0.206. The Morgan fingerprint density at radius 3 is 2.41 bits per heavy atom. The highest BCUT2D eigenvalue weighted by Crippen LogP contribution is 2.33. The highest BCUT2D eigenvalue weighted by atomic mass is 16.5. The van der Waals surface area contributed by atoms with Crippen molar-refractivity contribution >= 4 is 11.4 Å². The Balaban J connectivity index is 1.32. The molecule has 0 aliphatic carbocycles. The summed E-state index contributed by atoms with van der Waals surface area (Å²) in [5.41, 5.74) is 7.76. The minimum absolute atomic E-state index is 0.0306. The van der Waals surface area contributed by atoms with Gasteiger partial charge in [-0.1, -0.05) is 36.4 Å². The van der Waals surface area contributed by atoms with Crippen LogP contribution in [-0.4, -0.2) is 59.4 Å². The van der Waals surface area contributed by atoms with Crippen LogP contribution in [0.3, 0.4) is 0 Å². The van der Waals surface area contributed by atoms with Gasteiger partial charge in [-0.15, -0.1) is 0 Å². The fourth-order valence-electron chi connectivity index (χ4n) is 5.21. The number of carbonyl (C=O) groups excluding carboxylic acids is 1. The van der Waals surface area contributed by atoms with Gasteiger partial charge in [-0.25, -0.2) is 4.98 Å². The number of fused-ring (bicyclic) bond motifs is 1. The highest BCUT2D eigenvalue weighted by Gasteiger charge is 2.14. The van der Waals surface area contributed by atoms with Crippen molar-refractivity contribution in [2.24, 2.45) is 0 Å². The lowest BCUT2D eigenvalue weighted by Gasteiger charge is -2.26. The zero-order valence-corrected chi connectivity index (χ0v) is 23.0. The zero-order chi connectivity index (χ0) is 28.2. The Hall–Kier alpha value is -4.77. The number of piperazine rings is 1. The van der Waals surface area contributed by atoms with Crippen LogP contribution < -0.4 is 10.1 Å². The first-order valence-corrected chi connectivity index (χ1v) is 13.9. The third-order valence-electron chi connectivity index (χ3n) is 7.51. The van der Waals surface area contributed by atoms with Crippen molar-refractivity contribution in [3.8, 4) is 45.3 Å². The fourth-order valence-corrected chi connectivity index (χ4v) is 5.21. The summed E-state index contributed by atoms with van der Waals surface area (Å²) in [6.45, 7) is 7.34. The number of aromatic nitrogens is 2. The quantitative estimate of drug-likeness (QED) is 0.254. The number of hydrogen-bond acceptors (Lipinski definition) is 6. The second-order valence-electron chi connectivity index (χ2n) is 10.3. The maximum absolute atomic E-state index is 11.9. The number of nitriles is 1. The largest absolute Gasteiger partial charge is 0.492 e. The number of carbonyl (C=O) groups is 1. The van der Waals surface area contributed by atoms with Crippen LogP contribution in [0.2, 0.25) is 0 Å². The first-order chi connectivity index (χ1) is 20.1. The molecule has 1 N–H and O–H groups in total. The molecule has 0 saturated carbocycles. The summed E-state index contributed by atoms with van der Waals surface area (Å²) in [5, 5.41) is 12.8. The molecule has 1 fully saturated rings. The van der Waals surface area contributed by atoms with E-state index in [1.54, 1.807) is 13.0 Å². The summed E-state index contributed by atoms with van der Waals surface area (Å²) in [4.78, 5) is 19.3. The third kappa shape index (κ3) is 5.90. The number of ketones is 1. The minimum Gasteiger partial charge on any atom is -0.492 e. The predicted molar refractivity (Wildman–Crippen MR) is 161 cm³/mol. The zero-order valence-electron chi connectivity index (χ0n) is 23.0. The molecule has 2 aromatic heterocycles. The molecule has 5 aromatic rings. The summed E-state index contributed by atoms with van der Waals surface area (Å²) in [7, 11) is 0. The van der Waals surface area contributed by atoms with Gasteiger partial charge in [0, 0.05) is 61.8 Å². The second-order valence-corrected chi connectivity index (χ2v) is 10.3. The molecule has 0 radical (unpaired) electrons. The van der Waals surface area contributed by atoms with Crippen LogP contribution >= 0.6 is 0 Å². The molecule has 3 heterocycles. The lowest BCUT2D eigenvalue weighted by molar-refractivity contribution is 0.101. The number of pyridine rings is 1. The van der Waals surface area contributed by atoms with E-state index in [1.165, 1.54) is 0 Å². The molecule has 1 aliphatic heterocycles. The Morgan fingerprint density at radius 1 is 0.927 bits per heavy atom. The summed E-state index contributed by atoms with van der Waals surface area (Å²) in [6, 6.07) is 27.6. The van der Waals surface area contributed by atoms with Crippen molar-refractivity contribution in [1.29, 1.82) is 5.26 Å². The van der Waals surface area contributed by atoms with Gasteiger partial charge in [0.05, 0.1) is 17.3 Å². The van der Waals surface area contributed by atoms with Crippen LogP contribution in [0.1, 0.15) is 22.8 Å². The summed E-state index contributed by atoms with van der Waals surface area (Å²) in [5.74, 6) is 0.877. The van der Waals surface area contributed by atoms with Crippen LogP contribution in [0, 0.1) is 11.3 Å². The van der Waals surface area contributed by atoms with Gasteiger partial charge in [0.15, 0.2) is 5.78 Å². The molecule has 0 amide bonds. The molecule has 41 heavy (non-hydrogen) atoms. The molecule has 6 rings (SSSR count). The van der Waals surface area contributed by atoms with E-state index in [2.05, 4.69) is 22.4 Å². The first-order valence-electron chi connectivity index (χ1n) is 13.9. The second kappa shape index (κ2) is 11.8. The smallest absolute Gasteiger partial charge is 0.159 e. The van der Waals surface area contributed by atoms with Crippen molar-refractivity contribution in [2.75, 3.05) is 39.3 Å². The van der Waals surface area contributed by atoms with Crippen molar-refractivity contribution < 1.29 is 9.53 Å². The molecule has 7 heteroatoms. The molecular formula is C34H31N5O2. The van der Waals surface area contributed by atoms with E-state index in [4.69, 9.17) is 9.72 Å². The monoisotopic (exact) mass is 541 g/mol. The van der Waals surface area contributed by atoms with Gasteiger partial charge < -0.3 is 14.5 Å². The maximum Gasteiger partial charge on any atom is 0.159 e. The van der Waals surface area contributed by atoms with Crippen LogP contribution in [0.4, 0.5) is 0 Å². The van der Waals surface area contributed by atoms with E-state index in [0.29, 0.717) is 17.7 Å². The van der Waals surface area contributed by atoms with Crippen LogP contribution in [0.25, 0.3) is 39.2 Å². The summed E-state index contributed by atoms with van der Waals surface area (Å²) < 4.78 is 8.05. The van der Waals surface area contributed by atoms with Crippen molar-refractivity contribution in [3.63, 3.8) is 0 Å². The van der Waals surface area contributed by atoms with Gasteiger partial charge >= 0.3 is 0 Å². The average molecular weight is 542 g/mol. The van der Waals surface area contributed by atoms with E-state index >= 15 is 0 Å². The molecule has 0 bridgehead atoms. The molecule has 0 spiro atoms. The molecular weight excluding hydrogens is 510 g/mol. The molecule has 1 saturated heterocycles. The summed E-state index contributed by atoms with van der Waals surface area (Å²) >= 11 is 0. The van der Waals surface area contributed by atoms with Crippen LogP contribution in [0.15, 0.2) is 91.3 Å². The number of ether oxygens (including phenoxy) is 1. The average Bonchev–Trinajstić information content (AvgIpc) is 3.46. The number of benzene rings is 3. The van der Waals surface area contributed by atoms with Gasteiger partial charge in [-0.05, 0) is 66.1 Å². The van der Waals surface area contributed by atoms with E-state index in [1.807, 2.05) is 83.5 Å². The van der Waals surface area contributed by atoms with Gasteiger partial charge in [0.25, 0.3) is 0 Å². The topological polar surface area (TPSA) is 82.7 Å². The molecule has 1 aliphatic rings. The number of Topliss-reactive ketones (excluding diaryl/α,β-unsaturated/α-hetero) is 1. The molecule has 7 nitrogen and oxygen atoms in total. The van der Waals surface area contributed by atoms with Gasteiger partial charge in [-0.2, -0.15) is 5.26 Å². The lowest BCUT2D eigenvalue weighted by Crippen LogP contribution is -2.44. The number of nitrogens with zero attached hydrogens (tertiary/aromatic N) is 4. The van der Waals surface area contributed by atoms with Gasteiger partial charge in [0.2, 0.25) is 0 Å². The number of nitrogens with one attached hydrogen (secondary N) is 1. The predicted octanol–water partition coefficient (Wildman–Crippen LogP) is 5.69.